The van der Waals surface area contributed by atoms with E-state index < -0.39 is 0 Å². The molecule has 3 nitrogen and oxygen atoms in total. The summed E-state index contributed by atoms with van der Waals surface area (Å²) in [6.07, 6.45) is 3.58. The van der Waals surface area contributed by atoms with Gasteiger partial charge in [-0.15, -0.1) is 0 Å². The Balaban J connectivity index is 1.26. The fraction of sp³-hybridized carbons (Fsp3) is 0.400. The number of hydrogen-bond acceptors (Lipinski definition) is 3. The van der Waals surface area contributed by atoms with Crippen molar-refractivity contribution in [2.24, 2.45) is 0 Å². The molecule has 0 aliphatic carbocycles. The van der Waals surface area contributed by atoms with Crippen LogP contribution in [0.15, 0.2) is 91.0 Å². The van der Waals surface area contributed by atoms with Crippen LogP contribution in [-0.2, 0) is 6.42 Å². The lowest BCUT2D eigenvalue weighted by Gasteiger charge is -2.44. The van der Waals surface area contributed by atoms with E-state index in [0.29, 0.717) is 12.1 Å². The summed E-state index contributed by atoms with van der Waals surface area (Å²) < 4.78 is 0. The Morgan fingerprint density at radius 2 is 1.18 bits per heavy atom. The molecule has 0 N–H and O–H groups in total. The lowest BCUT2D eigenvalue weighted by atomic mass is 10.0. The fourth-order valence-electron chi connectivity index (χ4n) is 5.28. The zero-order valence-electron chi connectivity index (χ0n) is 20.3. The third-order valence-corrected chi connectivity index (χ3v) is 6.89. The minimum Gasteiger partial charge on any atom is -0.341 e. The van der Waals surface area contributed by atoms with Gasteiger partial charge in [0.2, 0.25) is 0 Å². The zero-order valence-corrected chi connectivity index (χ0v) is 20.3. The van der Waals surface area contributed by atoms with Gasteiger partial charge in [0, 0.05) is 43.1 Å². The SMILES string of the molecule is C[C@@H]1CN(CCCN(c2ccccc2)c2ccccc2)C[C@H](C)N1CCCc1ccccc1. The van der Waals surface area contributed by atoms with Gasteiger partial charge in [-0.2, -0.15) is 0 Å². The molecule has 1 saturated heterocycles. The van der Waals surface area contributed by atoms with E-state index in [9.17, 15) is 0 Å². The number of para-hydroxylation sites is 2. The van der Waals surface area contributed by atoms with Crippen LogP contribution in [0.1, 0.15) is 32.3 Å². The van der Waals surface area contributed by atoms with E-state index in [4.69, 9.17) is 0 Å². The zero-order chi connectivity index (χ0) is 22.9. The first kappa shape index (κ1) is 23.5. The standard InChI is InChI=1S/C30H39N3/c1-26-24-31(25-27(2)32(26)22-12-16-28-14-6-3-7-15-28)21-13-23-33(29-17-8-4-9-18-29)30-19-10-5-11-20-30/h3-11,14-15,17-20,26-27H,12-13,16,21-25H2,1-2H3/t26-,27+. The summed E-state index contributed by atoms with van der Waals surface area (Å²) in [5.74, 6) is 0. The van der Waals surface area contributed by atoms with Crippen molar-refractivity contribution in [1.82, 2.24) is 9.80 Å². The predicted octanol–water partition coefficient (Wildman–Crippen LogP) is 6.24. The Hall–Kier alpha value is -2.62. The minimum absolute atomic E-state index is 0.615. The molecule has 3 heteroatoms. The van der Waals surface area contributed by atoms with E-state index in [1.807, 2.05) is 0 Å². The molecule has 1 aliphatic heterocycles. The summed E-state index contributed by atoms with van der Waals surface area (Å²) in [6, 6.07) is 33.7. The van der Waals surface area contributed by atoms with Gasteiger partial charge in [0.15, 0.2) is 0 Å². The van der Waals surface area contributed by atoms with Gasteiger partial charge >= 0.3 is 0 Å². The second-order valence-electron chi connectivity index (χ2n) is 9.46. The molecule has 1 heterocycles. The summed E-state index contributed by atoms with van der Waals surface area (Å²) in [5, 5.41) is 0. The lowest BCUT2D eigenvalue weighted by molar-refractivity contribution is 0.0381. The van der Waals surface area contributed by atoms with Crippen molar-refractivity contribution >= 4 is 11.4 Å². The highest BCUT2D eigenvalue weighted by molar-refractivity contribution is 5.62. The van der Waals surface area contributed by atoms with E-state index in [1.165, 1.54) is 49.4 Å². The Kier molecular flexibility index (Phi) is 8.57. The molecule has 3 aromatic carbocycles. The molecule has 0 bridgehead atoms. The third-order valence-electron chi connectivity index (χ3n) is 6.89. The Morgan fingerprint density at radius 1 is 0.667 bits per heavy atom. The van der Waals surface area contributed by atoms with Crippen molar-refractivity contribution in [2.75, 3.05) is 37.6 Å². The molecule has 1 fully saturated rings. The van der Waals surface area contributed by atoms with Crippen molar-refractivity contribution in [1.29, 1.82) is 0 Å². The summed E-state index contributed by atoms with van der Waals surface area (Å²) in [7, 11) is 0. The van der Waals surface area contributed by atoms with Gasteiger partial charge in [-0.25, -0.2) is 0 Å². The first-order valence-electron chi connectivity index (χ1n) is 12.6. The number of piperazine rings is 1. The van der Waals surface area contributed by atoms with Gasteiger partial charge in [0.1, 0.15) is 0 Å². The van der Waals surface area contributed by atoms with Crippen LogP contribution < -0.4 is 4.90 Å². The maximum Gasteiger partial charge on any atom is 0.0410 e. The second kappa shape index (κ2) is 12.0. The van der Waals surface area contributed by atoms with Crippen LogP contribution in [0.4, 0.5) is 11.4 Å². The molecular formula is C30H39N3. The minimum atomic E-state index is 0.615. The highest BCUT2D eigenvalue weighted by Gasteiger charge is 2.28. The van der Waals surface area contributed by atoms with Crippen molar-refractivity contribution in [2.45, 2.75) is 45.2 Å². The molecule has 0 radical (unpaired) electrons. The maximum atomic E-state index is 2.72. The molecule has 2 atom stereocenters. The molecule has 0 amide bonds. The smallest absolute Gasteiger partial charge is 0.0410 e. The monoisotopic (exact) mass is 441 g/mol. The number of hydrogen-bond donors (Lipinski definition) is 0. The highest BCUT2D eigenvalue weighted by atomic mass is 15.3. The van der Waals surface area contributed by atoms with Crippen LogP contribution >= 0.6 is 0 Å². The molecule has 0 saturated carbocycles. The van der Waals surface area contributed by atoms with Gasteiger partial charge in [-0.1, -0.05) is 66.7 Å². The van der Waals surface area contributed by atoms with Crippen LogP contribution in [0, 0.1) is 0 Å². The van der Waals surface area contributed by atoms with Crippen molar-refractivity contribution < 1.29 is 0 Å². The highest BCUT2D eigenvalue weighted by Crippen LogP contribution is 2.25. The summed E-state index contributed by atoms with van der Waals surface area (Å²) in [6.45, 7) is 10.5. The number of aryl methyl sites for hydroxylation is 1. The summed E-state index contributed by atoms with van der Waals surface area (Å²) in [5.41, 5.74) is 4.00. The molecule has 0 spiro atoms. The fourth-order valence-corrected chi connectivity index (χ4v) is 5.28. The van der Waals surface area contributed by atoms with E-state index in [0.717, 1.165) is 19.5 Å². The van der Waals surface area contributed by atoms with Crippen molar-refractivity contribution in [3.8, 4) is 0 Å². The quantitative estimate of drug-likeness (QED) is 0.369. The maximum absolute atomic E-state index is 2.72. The average Bonchev–Trinajstić information content (AvgIpc) is 2.85. The summed E-state index contributed by atoms with van der Waals surface area (Å²) >= 11 is 0. The van der Waals surface area contributed by atoms with Gasteiger partial charge in [-0.05, 0) is 76.0 Å². The van der Waals surface area contributed by atoms with Crippen LogP contribution in [0.5, 0.6) is 0 Å². The number of rotatable bonds is 10. The molecule has 174 valence electrons. The Morgan fingerprint density at radius 3 is 1.73 bits per heavy atom. The molecule has 33 heavy (non-hydrogen) atoms. The predicted molar refractivity (Wildman–Crippen MR) is 141 cm³/mol. The van der Waals surface area contributed by atoms with Crippen LogP contribution in [0.2, 0.25) is 0 Å². The third kappa shape index (κ3) is 6.69. The van der Waals surface area contributed by atoms with Gasteiger partial charge < -0.3 is 9.80 Å². The first-order chi connectivity index (χ1) is 16.2. The molecule has 0 unspecified atom stereocenters. The van der Waals surface area contributed by atoms with Gasteiger partial charge in [0.25, 0.3) is 0 Å². The van der Waals surface area contributed by atoms with Crippen molar-refractivity contribution in [3.05, 3.63) is 96.6 Å². The molecule has 1 aliphatic rings. The van der Waals surface area contributed by atoms with E-state index in [-0.39, 0.29) is 0 Å². The average molecular weight is 442 g/mol. The number of anilines is 2. The van der Waals surface area contributed by atoms with E-state index in [2.05, 4.69) is 120 Å². The Bertz CT molecular complexity index is 877. The van der Waals surface area contributed by atoms with Crippen LogP contribution in [0.25, 0.3) is 0 Å². The normalized spacial score (nSPS) is 19.5. The van der Waals surface area contributed by atoms with Crippen LogP contribution in [-0.4, -0.2) is 54.6 Å². The number of nitrogens with zero attached hydrogens (tertiary/aromatic N) is 3. The topological polar surface area (TPSA) is 9.72 Å². The van der Waals surface area contributed by atoms with Gasteiger partial charge in [0.05, 0.1) is 0 Å². The van der Waals surface area contributed by atoms with Gasteiger partial charge in [-0.3, -0.25) is 4.90 Å². The van der Waals surface area contributed by atoms with Crippen LogP contribution in [0.3, 0.4) is 0 Å². The van der Waals surface area contributed by atoms with E-state index in [1.54, 1.807) is 0 Å². The first-order valence-corrected chi connectivity index (χ1v) is 12.6. The molecule has 0 aromatic heterocycles. The second-order valence-corrected chi connectivity index (χ2v) is 9.46. The van der Waals surface area contributed by atoms with Crippen molar-refractivity contribution in [3.63, 3.8) is 0 Å². The molecular weight excluding hydrogens is 402 g/mol. The largest absolute Gasteiger partial charge is 0.341 e. The lowest BCUT2D eigenvalue weighted by Crippen LogP contribution is -2.57. The summed E-state index contributed by atoms with van der Waals surface area (Å²) in [4.78, 5) is 7.85. The molecule has 3 aromatic rings. The molecule has 4 rings (SSSR count). The van der Waals surface area contributed by atoms with E-state index >= 15 is 0 Å². The Labute approximate surface area is 200 Å². The number of benzene rings is 3.